The van der Waals surface area contributed by atoms with E-state index in [4.69, 9.17) is 59.2 Å². The maximum absolute atomic E-state index is 6.25. The van der Waals surface area contributed by atoms with E-state index < -0.39 is 0 Å². The van der Waals surface area contributed by atoms with Crippen molar-refractivity contribution in [2.24, 2.45) is 0 Å². The first kappa shape index (κ1) is 182. The number of quaternary nitrogens is 1. The van der Waals surface area contributed by atoms with Gasteiger partial charge in [-0.3, -0.25) is 0 Å². The first-order valence-electron chi connectivity index (χ1n) is 1.12. The van der Waals surface area contributed by atoms with Gasteiger partial charge < -0.3 is 82.4 Å². The van der Waals surface area contributed by atoms with Gasteiger partial charge in [-0.2, -0.15) is 0 Å². The smallest absolute Gasteiger partial charge is 0.512 e. The zero-order valence-electron chi connectivity index (χ0n) is 9.80. The minimum atomic E-state index is 0. The van der Waals surface area contributed by atoms with Crippen molar-refractivity contribution in [3.05, 3.63) is 32.9 Å². The molecule has 0 atom stereocenters. The molecule has 0 bridgehead atoms. The summed E-state index contributed by atoms with van der Waals surface area (Å²) in [7, 11) is 0. The van der Waals surface area contributed by atoms with Crippen LogP contribution in [0.15, 0.2) is 0 Å². The molecule has 0 aromatic heterocycles. The van der Waals surface area contributed by atoms with Crippen LogP contribution in [0.5, 0.6) is 0 Å². The molecule has 17 heavy (non-hydrogen) atoms. The molecule has 88 valence electrons. The fraction of sp³-hybridized carbons (Fsp3) is 0. The Balaban J connectivity index is -0.00000000167. The maximum atomic E-state index is 6.25. The third-order valence-electron chi connectivity index (χ3n) is 0. The summed E-state index contributed by atoms with van der Waals surface area (Å²) in [6.45, 7) is 23.8. The Bertz CT molecular complexity index is 92.8. The number of rotatable bonds is 0. The van der Waals surface area contributed by atoms with Gasteiger partial charge in [0.1, 0.15) is 0 Å². The second kappa shape index (κ2) is 95500. The molecule has 11 N–H and O–H groups in total. The molecular weight excluding hydrogens is 292 g/mol. The van der Waals surface area contributed by atoms with Crippen molar-refractivity contribution >= 4 is 0 Å². The molecule has 0 rings (SSSR count). The molecule has 0 radical (unpaired) electrons. The summed E-state index contributed by atoms with van der Waals surface area (Å²) < 4.78 is 0. The second-order valence-electron chi connectivity index (χ2n) is 0. The Hall–Kier alpha value is -0.191. The summed E-state index contributed by atoms with van der Waals surface area (Å²) in [6, 6.07) is 0. The van der Waals surface area contributed by atoms with E-state index in [-0.39, 0.29) is 99.4 Å². The van der Waals surface area contributed by atoms with Crippen molar-refractivity contribution in [3.63, 3.8) is 0 Å². The Labute approximate surface area is 157 Å². The van der Waals surface area contributed by atoms with Gasteiger partial charge in [0.2, 0.25) is 0 Å². The van der Waals surface area contributed by atoms with Gasteiger partial charge in [-0.1, -0.05) is 0 Å². The van der Waals surface area contributed by atoms with E-state index >= 15 is 0 Å². The van der Waals surface area contributed by atoms with E-state index in [1.165, 1.54) is 0 Å². The topological polar surface area (TPSA) is 253 Å². The van der Waals surface area contributed by atoms with Gasteiger partial charge in [0.25, 0.3) is 0 Å². The standard InChI is InChI=1S/5CN.Fe.2H3N.2Na.2H2O/c5*1-2;;;;;;;/h;;;;;;2*1H3;;;2*1H2/q5*-1;+2;;;2*+1;;/p+1. The van der Waals surface area contributed by atoms with Crippen molar-refractivity contribution in [2.45, 2.75) is 0 Å². The van der Waals surface area contributed by atoms with Crippen molar-refractivity contribution in [2.75, 3.05) is 0 Å². The van der Waals surface area contributed by atoms with E-state index in [1.807, 2.05) is 0 Å². The zero-order chi connectivity index (χ0) is 10.0. The summed E-state index contributed by atoms with van der Waals surface area (Å²) in [6.07, 6.45) is 0. The predicted octanol–water partition coefficient (Wildman–Crippen LogP) is -6.62. The molecular formula is C5H11FeN7Na2O2. The molecule has 9 nitrogen and oxygen atoms in total. The maximum Gasteiger partial charge on any atom is 2.00 e. The molecule has 0 saturated heterocycles. The molecule has 0 aliphatic rings. The summed E-state index contributed by atoms with van der Waals surface area (Å²) in [4.78, 5) is 0. The third kappa shape index (κ3) is 83100. The molecule has 0 heterocycles. The molecule has 12 heteroatoms. The molecule has 0 unspecified atom stereocenters. The number of nitrogens with zero attached hydrogens (tertiary/aromatic N) is 5. The first-order chi connectivity index (χ1) is 5.00. The summed E-state index contributed by atoms with van der Waals surface area (Å²) in [5.74, 6) is 0. The average Bonchev–Trinajstić information content (AvgIpc) is 2.20. The van der Waals surface area contributed by atoms with Crippen LogP contribution >= 0.6 is 0 Å². The summed E-state index contributed by atoms with van der Waals surface area (Å²) >= 11 is 0. The Morgan fingerprint density at radius 3 is 0.471 bits per heavy atom. The monoisotopic (exact) mass is 303 g/mol. The van der Waals surface area contributed by atoms with E-state index in [0.29, 0.717) is 0 Å². The van der Waals surface area contributed by atoms with Gasteiger partial charge in [0.15, 0.2) is 0 Å². The quantitative estimate of drug-likeness (QED) is 0.324. The van der Waals surface area contributed by atoms with Gasteiger partial charge in [-0.05, 0) is 0 Å². The SMILES string of the molecule is N.O.O.[C-]#N.[C-]#N.[C-]#N.[C-]#N.[C-]#N.[Fe+2].[NH4+].[Na+].[Na+]. The molecule has 0 amide bonds. The fourth-order valence-electron chi connectivity index (χ4n) is 0. The Morgan fingerprint density at radius 1 is 0.471 bits per heavy atom. The van der Waals surface area contributed by atoms with Crippen molar-refractivity contribution < 1.29 is 87.1 Å². The van der Waals surface area contributed by atoms with Crippen LogP contribution in [0.2, 0.25) is 0 Å². The van der Waals surface area contributed by atoms with Gasteiger partial charge in [0.05, 0.1) is 0 Å². The largest absolute Gasteiger partial charge is 2.00 e. The molecule has 0 aromatic rings. The molecule has 0 aromatic carbocycles. The third-order valence-corrected chi connectivity index (χ3v) is 0. The zero-order valence-corrected chi connectivity index (χ0v) is 14.9. The van der Waals surface area contributed by atoms with Crippen molar-refractivity contribution in [1.29, 1.82) is 26.3 Å². The van der Waals surface area contributed by atoms with E-state index in [0.717, 1.165) is 0 Å². The Kier molecular flexibility index (Phi) is 1020000. The normalized spacial score (nSPS) is 0.588. The minimum absolute atomic E-state index is 0. The molecule has 0 aliphatic carbocycles. The van der Waals surface area contributed by atoms with E-state index in [2.05, 4.69) is 0 Å². The molecule has 0 aliphatic heterocycles. The van der Waals surface area contributed by atoms with Crippen LogP contribution < -0.4 is 71.4 Å². The average molecular weight is 303 g/mol. The van der Waals surface area contributed by atoms with E-state index in [1.54, 1.807) is 0 Å². The van der Waals surface area contributed by atoms with Gasteiger partial charge >= 0.3 is 76.2 Å². The Morgan fingerprint density at radius 2 is 0.471 bits per heavy atom. The van der Waals surface area contributed by atoms with Crippen LogP contribution in [0, 0.1) is 59.2 Å². The molecule has 0 saturated carbocycles. The van der Waals surface area contributed by atoms with E-state index in [9.17, 15) is 0 Å². The van der Waals surface area contributed by atoms with Crippen LogP contribution in [0.1, 0.15) is 0 Å². The summed E-state index contributed by atoms with van der Waals surface area (Å²) in [5.41, 5.74) is 0. The molecule has 0 spiro atoms. The molecule has 0 fully saturated rings. The van der Waals surface area contributed by atoms with Crippen LogP contribution in [0.3, 0.4) is 0 Å². The minimum Gasteiger partial charge on any atom is -0.512 e. The fourth-order valence-corrected chi connectivity index (χ4v) is 0. The number of hydrogen-bond donors (Lipinski definition) is 2. The van der Waals surface area contributed by atoms with Crippen molar-refractivity contribution in [1.82, 2.24) is 12.3 Å². The van der Waals surface area contributed by atoms with Crippen LogP contribution in [-0.4, -0.2) is 11.0 Å². The van der Waals surface area contributed by atoms with Gasteiger partial charge in [-0.25, -0.2) is 0 Å². The van der Waals surface area contributed by atoms with Crippen molar-refractivity contribution in [3.8, 4) is 0 Å². The summed E-state index contributed by atoms with van der Waals surface area (Å²) in [5, 5.41) is 31.2. The van der Waals surface area contributed by atoms with Crippen LogP contribution in [-0.2, 0) is 17.1 Å². The second-order valence-corrected chi connectivity index (χ2v) is 0. The number of hydrogen-bond acceptors (Lipinski definition) is 6. The first-order valence-corrected chi connectivity index (χ1v) is 1.12. The van der Waals surface area contributed by atoms with Gasteiger partial charge in [-0.15, -0.1) is 0 Å². The van der Waals surface area contributed by atoms with Crippen LogP contribution in [0.4, 0.5) is 0 Å². The van der Waals surface area contributed by atoms with Gasteiger partial charge in [0, 0.05) is 0 Å². The van der Waals surface area contributed by atoms with Crippen LogP contribution in [0.25, 0.3) is 0 Å². The predicted molar refractivity (Wildman–Crippen MR) is 43.1 cm³/mol.